The minimum atomic E-state index is -0.749. The molecule has 0 radical (unpaired) electrons. The predicted octanol–water partition coefficient (Wildman–Crippen LogP) is 3.48. The number of amides is 1. The second kappa shape index (κ2) is 9.83. The summed E-state index contributed by atoms with van der Waals surface area (Å²) in [7, 11) is 0. The summed E-state index contributed by atoms with van der Waals surface area (Å²) in [5.41, 5.74) is 1.01. The average Bonchev–Trinajstić information content (AvgIpc) is 2.73. The molecule has 1 aliphatic rings. The summed E-state index contributed by atoms with van der Waals surface area (Å²) in [5, 5.41) is 0.634. The van der Waals surface area contributed by atoms with E-state index in [0.29, 0.717) is 50.4 Å². The molecule has 0 aliphatic carbocycles. The van der Waals surface area contributed by atoms with Gasteiger partial charge in [0.1, 0.15) is 0 Å². The number of aryl methyl sites for hydroxylation is 1. The van der Waals surface area contributed by atoms with Crippen molar-refractivity contribution in [3.63, 3.8) is 0 Å². The third-order valence-electron chi connectivity index (χ3n) is 5.28. The standard InChI is InChI=1S/C22H26ClN3O3/c1-2-29-21(28)22(14-17-5-3-6-18(23)13-17)9-4-12-26(16-22)20(27)8-7-19-15-24-10-11-25-19/h3,5-6,10-11,13,15H,2,4,7-9,12,14,16H2,1H3. The first-order valence-corrected chi connectivity index (χ1v) is 10.3. The Morgan fingerprint density at radius 2 is 2.17 bits per heavy atom. The van der Waals surface area contributed by atoms with Crippen LogP contribution >= 0.6 is 11.6 Å². The van der Waals surface area contributed by atoms with Crippen LogP contribution in [0.3, 0.4) is 0 Å². The largest absolute Gasteiger partial charge is 0.466 e. The van der Waals surface area contributed by atoms with Crippen LogP contribution in [-0.2, 0) is 27.2 Å². The lowest BCUT2D eigenvalue weighted by Gasteiger charge is -2.41. The Morgan fingerprint density at radius 1 is 1.31 bits per heavy atom. The number of aromatic nitrogens is 2. The highest BCUT2D eigenvalue weighted by atomic mass is 35.5. The molecule has 1 unspecified atom stereocenters. The number of halogens is 1. The molecular weight excluding hydrogens is 390 g/mol. The zero-order chi connectivity index (χ0) is 20.7. The van der Waals surface area contributed by atoms with E-state index < -0.39 is 5.41 Å². The molecule has 1 aromatic carbocycles. The number of likely N-dealkylation sites (tertiary alicyclic amines) is 1. The molecule has 7 heteroatoms. The maximum atomic E-state index is 12.9. The van der Waals surface area contributed by atoms with Crippen molar-refractivity contribution in [2.24, 2.45) is 5.41 Å². The van der Waals surface area contributed by atoms with Crippen molar-refractivity contribution in [3.05, 3.63) is 59.1 Å². The van der Waals surface area contributed by atoms with E-state index in [2.05, 4.69) is 9.97 Å². The fourth-order valence-electron chi connectivity index (χ4n) is 3.90. The summed E-state index contributed by atoms with van der Waals surface area (Å²) in [4.78, 5) is 35.8. The van der Waals surface area contributed by atoms with Crippen molar-refractivity contribution in [1.29, 1.82) is 0 Å². The molecule has 1 amide bonds. The van der Waals surface area contributed by atoms with Gasteiger partial charge in [0, 0.05) is 43.1 Å². The smallest absolute Gasteiger partial charge is 0.314 e. The lowest BCUT2D eigenvalue weighted by atomic mass is 9.75. The molecule has 6 nitrogen and oxygen atoms in total. The zero-order valence-electron chi connectivity index (χ0n) is 16.6. The maximum absolute atomic E-state index is 12.9. The van der Waals surface area contributed by atoms with Crippen LogP contribution < -0.4 is 0 Å². The van der Waals surface area contributed by atoms with Crippen LogP contribution in [0.4, 0.5) is 0 Å². The lowest BCUT2D eigenvalue weighted by Crippen LogP contribution is -2.51. The number of piperidine rings is 1. The summed E-state index contributed by atoms with van der Waals surface area (Å²) < 4.78 is 5.42. The van der Waals surface area contributed by atoms with E-state index in [-0.39, 0.29) is 11.9 Å². The number of nitrogens with zero attached hydrogens (tertiary/aromatic N) is 3. The molecule has 2 heterocycles. The molecule has 1 atom stereocenters. The zero-order valence-corrected chi connectivity index (χ0v) is 17.4. The van der Waals surface area contributed by atoms with Crippen LogP contribution in [0.25, 0.3) is 0 Å². The number of carbonyl (C=O) groups excluding carboxylic acids is 2. The minimum absolute atomic E-state index is 0.0233. The van der Waals surface area contributed by atoms with Gasteiger partial charge < -0.3 is 9.64 Å². The second-order valence-corrected chi connectivity index (χ2v) is 7.86. The van der Waals surface area contributed by atoms with Gasteiger partial charge in [-0.25, -0.2) is 0 Å². The van der Waals surface area contributed by atoms with Gasteiger partial charge in [-0.3, -0.25) is 19.6 Å². The van der Waals surface area contributed by atoms with Crippen LogP contribution in [0.15, 0.2) is 42.9 Å². The van der Waals surface area contributed by atoms with Crippen molar-refractivity contribution in [1.82, 2.24) is 14.9 Å². The molecule has 1 fully saturated rings. The highest BCUT2D eigenvalue weighted by molar-refractivity contribution is 6.30. The van der Waals surface area contributed by atoms with E-state index >= 15 is 0 Å². The van der Waals surface area contributed by atoms with Crippen molar-refractivity contribution >= 4 is 23.5 Å². The molecule has 0 N–H and O–H groups in total. The molecule has 29 heavy (non-hydrogen) atoms. The molecular formula is C22H26ClN3O3. The SMILES string of the molecule is CCOC(=O)C1(Cc2cccc(Cl)c2)CCCN(C(=O)CCc2cnccn2)C1. The lowest BCUT2D eigenvalue weighted by molar-refractivity contribution is -0.160. The normalized spacial score (nSPS) is 19.0. The van der Waals surface area contributed by atoms with Gasteiger partial charge in [0.25, 0.3) is 0 Å². The Morgan fingerprint density at radius 3 is 2.90 bits per heavy atom. The summed E-state index contributed by atoms with van der Waals surface area (Å²) in [6.45, 7) is 3.13. The molecule has 0 saturated carbocycles. The number of benzene rings is 1. The van der Waals surface area contributed by atoms with Crippen LogP contribution in [-0.4, -0.2) is 46.4 Å². The van der Waals surface area contributed by atoms with E-state index in [9.17, 15) is 9.59 Å². The van der Waals surface area contributed by atoms with E-state index in [1.807, 2.05) is 24.3 Å². The Bertz CT molecular complexity index is 846. The third-order valence-corrected chi connectivity index (χ3v) is 5.52. The van der Waals surface area contributed by atoms with Gasteiger partial charge in [-0.15, -0.1) is 0 Å². The number of hydrogen-bond donors (Lipinski definition) is 0. The van der Waals surface area contributed by atoms with Gasteiger partial charge in [0.05, 0.1) is 17.7 Å². The number of esters is 1. The van der Waals surface area contributed by atoms with Gasteiger partial charge in [-0.2, -0.15) is 0 Å². The topological polar surface area (TPSA) is 72.4 Å². The van der Waals surface area contributed by atoms with E-state index in [0.717, 1.165) is 17.7 Å². The molecule has 0 bridgehead atoms. The first-order chi connectivity index (χ1) is 14.0. The van der Waals surface area contributed by atoms with E-state index in [4.69, 9.17) is 16.3 Å². The molecule has 3 rings (SSSR count). The molecule has 2 aromatic rings. The summed E-state index contributed by atoms with van der Waals surface area (Å²) in [6.07, 6.45) is 7.73. The fourth-order valence-corrected chi connectivity index (χ4v) is 4.11. The number of hydrogen-bond acceptors (Lipinski definition) is 5. The number of rotatable bonds is 7. The molecule has 1 aromatic heterocycles. The maximum Gasteiger partial charge on any atom is 0.314 e. The van der Waals surface area contributed by atoms with E-state index in [1.54, 1.807) is 30.4 Å². The summed E-state index contributed by atoms with van der Waals surface area (Å²) in [5.74, 6) is -0.221. The summed E-state index contributed by atoms with van der Waals surface area (Å²) in [6, 6.07) is 7.52. The number of carbonyl (C=O) groups is 2. The van der Waals surface area contributed by atoms with Crippen LogP contribution in [0.1, 0.15) is 37.4 Å². The molecule has 0 spiro atoms. The monoisotopic (exact) mass is 415 g/mol. The average molecular weight is 416 g/mol. The van der Waals surface area contributed by atoms with Crippen LogP contribution in [0.5, 0.6) is 0 Å². The Labute approximate surface area is 176 Å². The second-order valence-electron chi connectivity index (χ2n) is 7.42. The Balaban J connectivity index is 1.74. The third kappa shape index (κ3) is 5.54. The molecule has 154 valence electrons. The summed E-state index contributed by atoms with van der Waals surface area (Å²) >= 11 is 6.14. The van der Waals surface area contributed by atoms with Crippen molar-refractivity contribution in [2.45, 2.75) is 39.0 Å². The van der Waals surface area contributed by atoms with Crippen LogP contribution in [0.2, 0.25) is 5.02 Å². The van der Waals surface area contributed by atoms with Gasteiger partial charge >= 0.3 is 5.97 Å². The van der Waals surface area contributed by atoms with Crippen molar-refractivity contribution in [3.8, 4) is 0 Å². The quantitative estimate of drug-likeness (QED) is 0.647. The van der Waals surface area contributed by atoms with Gasteiger partial charge in [0.15, 0.2) is 0 Å². The highest BCUT2D eigenvalue weighted by Gasteiger charge is 2.44. The molecule has 1 aliphatic heterocycles. The first-order valence-electron chi connectivity index (χ1n) is 9.97. The van der Waals surface area contributed by atoms with Gasteiger partial charge in [0.2, 0.25) is 5.91 Å². The van der Waals surface area contributed by atoms with Crippen molar-refractivity contribution < 1.29 is 14.3 Å². The number of ether oxygens (including phenoxy) is 1. The van der Waals surface area contributed by atoms with Gasteiger partial charge in [-0.05, 0) is 50.3 Å². The van der Waals surface area contributed by atoms with Gasteiger partial charge in [-0.1, -0.05) is 23.7 Å². The minimum Gasteiger partial charge on any atom is -0.466 e. The first kappa shape index (κ1) is 21.2. The van der Waals surface area contributed by atoms with E-state index in [1.165, 1.54) is 0 Å². The molecule has 1 saturated heterocycles. The van der Waals surface area contributed by atoms with Crippen LogP contribution in [0, 0.1) is 5.41 Å². The predicted molar refractivity (Wildman–Crippen MR) is 110 cm³/mol. The Hall–Kier alpha value is -2.47. The fraction of sp³-hybridized carbons (Fsp3) is 0.455. The van der Waals surface area contributed by atoms with Crippen molar-refractivity contribution in [2.75, 3.05) is 19.7 Å². The Kier molecular flexibility index (Phi) is 7.20. The highest BCUT2D eigenvalue weighted by Crippen LogP contribution is 2.36.